The molecule has 1 aliphatic heterocycles. The minimum absolute atomic E-state index is 0.0276. The van der Waals surface area contributed by atoms with E-state index in [2.05, 4.69) is 14.9 Å². The summed E-state index contributed by atoms with van der Waals surface area (Å²) < 4.78 is 1.61. The van der Waals surface area contributed by atoms with E-state index in [-0.39, 0.29) is 11.5 Å². The number of amides is 1. The number of benzene rings is 1. The maximum absolute atomic E-state index is 13.3. The van der Waals surface area contributed by atoms with E-state index < -0.39 is 0 Å². The molecule has 0 radical (unpaired) electrons. The number of piperazine rings is 1. The van der Waals surface area contributed by atoms with Gasteiger partial charge in [-0.3, -0.25) is 14.2 Å². The molecule has 1 aliphatic rings. The molecule has 5 rings (SSSR count). The van der Waals surface area contributed by atoms with E-state index in [0.717, 1.165) is 30.0 Å². The van der Waals surface area contributed by atoms with Crippen LogP contribution in [0, 0.1) is 6.92 Å². The molecular formula is C24H23N5O2S. The van der Waals surface area contributed by atoms with E-state index >= 15 is 0 Å². The Kier molecular flexibility index (Phi) is 5.45. The van der Waals surface area contributed by atoms with Crippen molar-refractivity contribution in [1.29, 1.82) is 0 Å². The van der Waals surface area contributed by atoms with Crippen molar-refractivity contribution in [2.45, 2.75) is 13.5 Å². The van der Waals surface area contributed by atoms with E-state index in [4.69, 9.17) is 0 Å². The third-order valence-corrected chi connectivity index (χ3v) is 7.04. The molecule has 0 spiro atoms. The van der Waals surface area contributed by atoms with Gasteiger partial charge in [0.05, 0.1) is 23.1 Å². The Morgan fingerprint density at radius 1 is 1.00 bits per heavy atom. The van der Waals surface area contributed by atoms with E-state index in [0.29, 0.717) is 34.7 Å². The lowest BCUT2D eigenvalue weighted by Crippen LogP contribution is -2.49. The van der Waals surface area contributed by atoms with Gasteiger partial charge in [0.1, 0.15) is 10.6 Å². The second-order valence-electron chi connectivity index (χ2n) is 7.87. The minimum atomic E-state index is -0.105. The fourth-order valence-corrected chi connectivity index (χ4v) is 5.19. The minimum Gasteiger partial charge on any atom is -0.353 e. The number of rotatable bonds is 4. The summed E-state index contributed by atoms with van der Waals surface area (Å²) >= 11 is 1.31. The Morgan fingerprint density at radius 3 is 2.47 bits per heavy atom. The smallest absolute Gasteiger partial charge is 0.264 e. The van der Waals surface area contributed by atoms with Crippen molar-refractivity contribution in [3.05, 3.63) is 87.4 Å². The van der Waals surface area contributed by atoms with Crippen molar-refractivity contribution < 1.29 is 4.79 Å². The summed E-state index contributed by atoms with van der Waals surface area (Å²) in [7, 11) is 0. The number of fused-ring (bicyclic) bond motifs is 1. The number of thiophene rings is 1. The zero-order valence-electron chi connectivity index (χ0n) is 17.8. The molecule has 0 bridgehead atoms. The molecule has 162 valence electrons. The average molecular weight is 446 g/mol. The maximum Gasteiger partial charge on any atom is 0.264 e. The highest BCUT2D eigenvalue weighted by Crippen LogP contribution is 2.28. The lowest BCUT2D eigenvalue weighted by molar-refractivity contribution is 0.0751. The first-order chi connectivity index (χ1) is 15.6. The molecule has 32 heavy (non-hydrogen) atoms. The molecular weight excluding hydrogens is 422 g/mol. The van der Waals surface area contributed by atoms with Gasteiger partial charge in [-0.05, 0) is 30.2 Å². The number of aromatic nitrogens is 3. The predicted molar refractivity (Wildman–Crippen MR) is 127 cm³/mol. The highest BCUT2D eigenvalue weighted by atomic mass is 32.1. The molecule has 0 atom stereocenters. The number of nitrogens with zero attached hydrogens (tertiary/aromatic N) is 5. The third kappa shape index (κ3) is 3.78. The van der Waals surface area contributed by atoms with Gasteiger partial charge in [-0.15, -0.1) is 11.3 Å². The zero-order chi connectivity index (χ0) is 22.1. The Hall–Kier alpha value is -3.52. The topological polar surface area (TPSA) is 71.3 Å². The van der Waals surface area contributed by atoms with Crippen LogP contribution < -0.4 is 10.5 Å². The van der Waals surface area contributed by atoms with Crippen molar-refractivity contribution in [3.8, 4) is 0 Å². The standard InChI is InChI=1S/C24H23N5O2S/c1-17-20-22(26-16-29(23(20)30)15-18-7-3-2-4-8-18)32-21(17)24(31)28-13-11-27(12-14-28)19-9-5-6-10-25-19/h2-10,16H,11-15H2,1H3. The first kappa shape index (κ1) is 20.4. The van der Waals surface area contributed by atoms with Gasteiger partial charge >= 0.3 is 0 Å². The molecule has 0 unspecified atom stereocenters. The van der Waals surface area contributed by atoms with Gasteiger partial charge in [-0.1, -0.05) is 36.4 Å². The zero-order valence-corrected chi connectivity index (χ0v) is 18.6. The molecule has 1 amide bonds. The van der Waals surface area contributed by atoms with Gasteiger partial charge in [-0.25, -0.2) is 9.97 Å². The van der Waals surface area contributed by atoms with Crippen molar-refractivity contribution in [2.24, 2.45) is 0 Å². The molecule has 0 aliphatic carbocycles. The molecule has 1 saturated heterocycles. The van der Waals surface area contributed by atoms with Crippen LogP contribution in [0.25, 0.3) is 10.2 Å². The fraction of sp³-hybridized carbons (Fsp3) is 0.250. The summed E-state index contributed by atoms with van der Waals surface area (Å²) in [6, 6.07) is 15.7. The van der Waals surface area contributed by atoms with Crippen LogP contribution in [0.3, 0.4) is 0 Å². The third-order valence-electron chi connectivity index (χ3n) is 5.85. The summed E-state index contributed by atoms with van der Waals surface area (Å²) in [4.78, 5) is 40.6. The van der Waals surface area contributed by atoms with Crippen LogP contribution >= 0.6 is 11.3 Å². The Morgan fingerprint density at radius 2 is 1.75 bits per heavy atom. The molecule has 4 heterocycles. The Balaban J connectivity index is 1.37. The van der Waals surface area contributed by atoms with Gasteiger partial charge in [-0.2, -0.15) is 0 Å². The largest absolute Gasteiger partial charge is 0.353 e. The first-order valence-electron chi connectivity index (χ1n) is 10.6. The average Bonchev–Trinajstić information content (AvgIpc) is 3.19. The monoisotopic (exact) mass is 445 g/mol. The van der Waals surface area contributed by atoms with Crippen LogP contribution in [0.4, 0.5) is 5.82 Å². The molecule has 0 saturated carbocycles. The van der Waals surface area contributed by atoms with Gasteiger partial charge in [0.15, 0.2) is 0 Å². The SMILES string of the molecule is Cc1c(C(=O)N2CCN(c3ccccn3)CC2)sc2ncn(Cc3ccccc3)c(=O)c12. The lowest BCUT2D eigenvalue weighted by atomic mass is 10.2. The number of hydrogen-bond acceptors (Lipinski definition) is 6. The summed E-state index contributed by atoms with van der Waals surface area (Å²) in [6.07, 6.45) is 3.36. The van der Waals surface area contributed by atoms with Gasteiger partial charge < -0.3 is 9.80 Å². The summed E-state index contributed by atoms with van der Waals surface area (Å²) in [5, 5.41) is 0.545. The maximum atomic E-state index is 13.3. The number of anilines is 1. The summed E-state index contributed by atoms with van der Waals surface area (Å²) in [5.41, 5.74) is 1.65. The fourth-order valence-electron chi connectivity index (χ4n) is 4.08. The molecule has 1 fully saturated rings. The number of carbonyl (C=O) groups excluding carboxylic acids is 1. The molecule has 7 nitrogen and oxygen atoms in total. The van der Waals surface area contributed by atoms with Crippen molar-refractivity contribution >= 4 is 33.3 Å². The molecule has 8 heteroatoms. The Bertz CT molecular complexity index is 1310. The van der Waals surface area contributed by atoms with Crippen LogP contribution in [-0.4, -0.2) is 51.5 Å². The van der Waals surface area contributed by atoms with E-state index in [1.165, 1.54) is 11.3 Å². The predicted octanol–water partition coefficient (Wildman–Crippen LogP) is 3.17. The van der Waals surface area contributed by atoms with Crippen LogP contribution in [0.15, 0.2) is 65.8 Å². The van der Waals surface area contributed by atoms with Gasteiger partial charge in [0.2, 0.25) is 0 Å². The van der Waals surface area contributed by atoms with E-state index in [1.807, 2.05) is 60.4 Å². The van der Waals surface area contributed by atoms with E-state index in [9.17, 15) is 9.59 Å². The van der Waals surface area contributed by atoms with Crippen molar-refractivity contribution in [2.75, 3.05) is 31.1 Å². The second kappa shape index (κ2) is 8.55. The summed E-state index contributed by atoms with van der Waals surface area (Å²) in [5.74, 6) is 0.904. The van der Waals surface area contributed by atoms with Gasteiger partial charge in [0, 0.05) is 32.4 Å². The normalized spacial score (nSPS) is 14.2. The molecule has 1 aromatic carbocycles. The number of pyridine rings is 1. The van der Waals surface area contributed by atoms with Crippen LogP contribution in [0.5, 0.6) is 0 Å². The first-order valence-corrected chi connectivity index (χ1v) is 11.4. The van der Waals surface area contributed by atoms with E-state index in [1.54, 1.807) is 17.1 Å². The quantitative estimate of drug-likeness (QED) is 0.483. The lowest BCUT2D eigenvalue weighted by Gasteiger charge is -2.35. The molecule has 0 N–H and O–H groups in total. The number of aryl methyl sites for hydroxylation is 1. The van der Waals surface area contributed by atoms with Crippen LogP contribution in [0.1, 0.15) is 20.8 Å². The van der Waals surface area contributed by atoms with Gasteiger partial charge in [0.25, 0.3) is 11.5 Å². The molecule has 4 aromatic rings. The number of hydrogen-bond donors (Lipinski definition) is 0. The molecule has 3 aromatic heterocycles. The van der Waals surface area contributed by atoms with Crippen LogP contribution in [-0.2, 0) is 6.54 Å². The highest BCUT2D eigenvalue weighted by molar-refractivity contribution is 7.20. The van der Waals surface area contributed by atoms with Crippen molar-refractivity contribution in [1.82, 2.24) is 19.4 Å². The Labute approximate surface area is 189 Å². The highest BCUT2D eigenvalue weighted by Gasteiger charge is 2.27. The van der Waals surface area contributed by atoms with Crippen molar-refractivity contribution in [3.63, 3.8) is 0 Å². The summed E-state index contributed by atoms with van der Waals surface area (Å²) in [6.45, 7) is 5.01. The number of carbonyl (C=O) groups is 1. The second-order valence-corrected chi connectivity index (χ2v) is 8.87. The van der Waals surface area contributed by atoms with Crippen LogP contribution in [0.2, 0.25) is 0 Å².